The predicted octanol–water partition coefficient (Wildman–Crippen LogP) is 3.95. The highest BCUT2D eigenvalue weighted by molar-refractivity contribution is 9.10. The highest BCUT2D eigenvalue weighted by atomic mass is 79.9. The number of amides is 1. The molecule has 0 bridgehead atoms. The van der Waals surface area contributed by atoms with Gasteiger partial charge in [0.1, 0.15) is 5.76 Å². The van der Waals surface area contributed by atoms with Crippen molar-refractivity contribution in [1.82, 2.24) is 10.3 Å². The van der Waals surface area contributed by atoms with Crippen molar-refractivity contribution in [3.63, 3.8) is 0 Å². The number of aryl methyl sites for hydroxylation is 1. The third-order valence-electron chi connectivity index (χ3n) is 3.27. The van der Waals surface area contributed by atoms with Crippen molar-refractivity contribution in [2.75, 3.05) is 0 Å². The fraction of sp³-hybridized carbons (Fsp3) is 0.176. The molecule has 1 amide bonds. The van der Waals surface area contributed by atoms with Crippen LogP contribution in [0.1, 0.15) is 18.1 Å². The lowest BCUT2D eigenvalue weighted by Gasteiger charge is -2.01. The van der Waals surface area contributed by atoms with E-state index in [0.717, 1.165) is 15.8 Å². The van der Waals surface area contributed by atoms with Crippen LogP contribution in [0.15, 0.2) is 62.2 Å². The van der Waals surface area contributed by atoms with Crippen molar-refractivity contribution < 1.29 is 13.6 Å². The molecule has 6 heteroatoms. The van der Waals surface area contributed by atoms with Gasteiger partial charge in [0, 0.05) is 22.9 Å². The number of hydrogen-bond donors (Lipinski definition) is 1. The van der Waals surface area contributed by atoms with Crippen molar-refractivity contribution in [2.24, 2.45) is 0 Å². The Hall–Kier alpha value is -2.34. The van der Waals surface area contributed by atoms with E-state index < -0.39 is 0 Å². The molecule has 1 N–H and O–H groups in total. The van der Waals surface area contributed by atoms with Gasteiger partial charge in [-0.05, 0) is 24.3 Å². The van der Waals surface area contributed by atoms with Crippen LogP contribution in [0, 0.1) is 0 Å². The van der Waals surface area contributed by atoms with Gasteiger partial charge in [0.05, 0.1) is 19.0 Å². The maximum absolute atomic E-state index is 11.8. The second-order valence-electron chi connectivity index (χ2n) is 4.98. The molecule has 1 aromatic carbocycles. The first-order valence-electron chi connectivity index (χ1n) is 7.20. The van der Waals surface area contributed by atoms with Crippen LogP contribution in [0.2, 0.25) is 0 Å². The Morgan fingerprint density at radius 3 is 2.96 bits per heavy atom. The van der Waals surface area contributed by atoms with Crippen LogP contribution in [0.5, 0.6) is 0 Å². The molecule has 5 nitrogen and oxygen atoms in total. The van der Waals surface area contributed by atoms with Gasteiger partial charge in [-0.2, -0.15) is 0 Å². The average Bonchev–Trinajstić information content (AvgIpc) is 3.22. The van der Waals surface area contributed by atoms with Crippen molar-refractivity contribution in [3.05, 3.63) is 65.0 Å². The summed E-state index contributed by atoms with van der Waals surface area (Å²) in [5.41, 5.74) is 0.945. The normalized spacial score (nSPS) is 10.7. The molecule has 23 heavy (non-hydrogen) atoms. The first-order chi connectivity index (χ1) is 11.2. The van der Waals surface area contributed by atoms with Gasteiger partial charge in [-0.15, -0.1) is 0 Å². The number of hydrogen-bond acceptors (Lipinski definition) is 4. The predicted molar refractivity (Wildman–Crippen MR) is 88.5 cm³/mol. The molecule has 118 valence electrons. The highest BCUT2D eigenvalue weighted by Crippen LogP contribution is 2.23. The summed E-state index contributed by atoms with van der Waals surface area (Å²) in [7, 11) is 0. The van der Waals surface area contributed by atoms with Crippen LogP contribution in [-0.4, -0.2) is 10.9 Å². The van der Waals surface area contributed by atoms with E-state index in [2.05, 4.69) is 26.2 Å². The summed E-state index contributed by atoms with van der Waals surface area (Å²) in [6, 6.07) is 11.4. The molecule has 0 radical (unpaired) electrons. The Morgan fingerprint density at radius 1 is 1.26 bits per heavy atom. The molecule has 0 aliphatic carbocycles. The van der Waals surface area contributed by atoms with E-state index >= 15 is 0 Å². The number of nitrogens with one attached hydrogen (secondary N) is 1. The second-order valence-corrected chi connectivity index (χ2v) is 5.90. The maximum atomic E-state index is 11.8. The summed E-state index contributed by atoms with van der Waals surface area (Å²) in [4.78, 5) is 16.0. The molecular weight excluding hydrogens is 360 g/mol. The molecule has 0 fully saturated rings. The van der Waals surface area contributed by atoms with E-state index in [0.29, 0.717) is 31.0 Å². The van der Waals surface area contributed by atoms with Crippen LogP contribution >= 0.6 is 15.9 Å². The average molecular weight is 375 g/mol. The number of carbonyl (C=O) groups is 1. The molecule has 2 aromatic heterocycles. The minimum atomic E-state index is -0.0661. The van der Waals surface area contributed by atoms with Gasteiger partial charge in [0.2, 0.25) is 5.91 Å². The number of halogens is 1. The van der Waals surface area contributed by atoms with Gasteiger partial charge in [-0.3, -0.25) is 4.79 Å². The van der Waals surface area contributed by atoms with Gasteiger partial charge in [0.15, 0.2) is 11.7 Å². The standard InChI is InChI=1S/C17H15BrN2O3/c18-13-4-1-3-12(9-13)15-11-20-17(23-15)7-6-16(21)19-10-14-5-2-8-22-14/h1-5,8-9,11H,6-7,10H2,(H,19,21). The molecule has 0 unspecified atom stereocenters. The minimum absolute atomic E-state index is 0.0661. The summed E-state index contributed by atoms with van der Waals surface area (Å²) < 4.78 is 11.8. The van der Waals surface area contributed by atoms with Crippen LogP contribution in [0.4, 0.5) is 0 Å². The Bertz CT molecular complexity index is 781. The molecule has 2 heterocycles. The molecule has 3 aromatic rings. The van der Waals surface area contributed by atoms with Crippen molar-refractivity contribution in [3.8, 4) is 11.3 Å². The van der Waals surface area contributed by atoms with Crippen LogP contribution in [0.3, 0.4) is 0 Å². The molecule has 0 spiro atoms. The van der Waals surface area contributed by atoms with E-state index in [9.17, 15) is 4.79 Å². The number of nitrogens with zero attached hydrogens (tertiary/aromatic N) is 1. The van der Waals surface area contributed by atoms with Crippen LogP contribution in [0.25, 0.3) is 11.3 Å². The smallest absolute Gasteiger partial charge is 0.220 e. The summed E-state index contributed by atoms with van der Waals surface area (Å²) in [6.45, 7) is 0.390. The minimum Gasteiger partial charge on any atom is -0.467 e. The first kappa shape index (κ1) is 15.6. The molecule has 0 atom stereocenters. The van der Waals surface area contributed by atoms with Crippen LogP contribution in [-0.2, 0) is 17.8 Å². The van der Waals surface area contributed by atoms with Gasteiger partial charge in [-0.25, -0.2) is 4.98 Å². The fourth-order valence-electron chi connectivity index (χ4n) is 2.11. The third-order valence-corrected chi connectivity index (χ3v) is 3.76. The fourth-order valence-corrected chi connectivity index (χ4v) is 2.51. The molecule has 0 saturated carbocycles. The first-order valence-corrected chi connectivity index (χ1v) is 8.00. The van der Waals surface area contributed by atoms with E-state index in [1.54, 1.807) is 18.5 Å². The third kappa shape index (κ3) is 4.32. The van der Waals surface area contributed by atoms with Crippen molar-refractivity contribution >= 4 is 21.8 Å². The summed E-state index contributed by atoms with van der Waals surface area (Å²) in [5.74, 6) is 1.90. The Morgan fingerprint density at radius 2 is 2.17 bits per heavy atom. The summed E-state index contributed by atoms with van der Waals surface area (Å²) >= 11 is 3.43. The van der Waals surface area contributed by atoms with E-state index in [-0.39, 0.29) is 5.91 Å². The number of furan rings is 1. The molecule has 0 saturated heterocycles. The lowest BCUT2D eigenvalue weighted by Crippen LogP contribution is -2.22. The largest absolute Gasteiger partial charge is 0.467 e. The number of benzene rings is 1. The molecule has 0 aliphatic rings. The Kier molecular flexibility index (Phi) is 4.92. The second kappa shape index (κ2) is 7.28. The lowest BCUT2D eigenvalue weighted by atomic mass is 10.2. The number of oxazole rings is 1. The number of carbonyl (C=O) groups excluding carboxylic acids is 1. The Balaban J connectivity index is 1.52. The lowest BCUT2D eigenvalue weighted by molar-refractivity contribution is -0.121. The van der Waals surface area contributed by atoms with E-state index in [1.807, 2.05) is 30.3 Å². The van der Waals surface area contributed by atoms with Crippen molar-refractivity contribution in [2.45, 2.75) is 19.4 Å². The summed E-state index contributed by atoms with van der Waals surface area (Å²) in [6.07, 6.45) is 4.03. The highest BCUT2D eigenvalue weighted by Gasteiger charge is 2.09. The number of aromatic nitrogens is 1. The molecule has 3 rings (SSSR count). The van der Waals surface area contributed by atoms with Gasteiger partial charge < -0.3 is 14.2 Å². The summed E-state index contributed by atoms with van der Waals surface area (Å²) in [5, 5.41) is 2.79. The monoisotopic (exact) mass is 374 g/mol. The number of rotatable bonds is 6. The van der Waals surface area contributed by atoms with Gasteiger partial charge in [0.25, 0.3) is 0 Å². The SMILES string of the molecule is O=C(CCc1ncc(-c2cccc(Br)c2)o1)NCc1ccco1. The van der Waals surface area contributed by atoms with Crippen molar-refractivity contribution in [1.29, 1.82) is 0 Å². The van der Waals surface area contributed by atoms with Crippen LogP contribution < -0.4 is 5.32 Å². The van der Waals surface area contributed by atoms with E-state index in [1.165, 1.54) is 0 Å². The molecular formula is C17H15BrN2O3. The quantitative estimate of drug-likeness (QED) is 0.709. The zero-order chi connectivity index (χ0) is 16.1. The van der Waals surface area contributed by atoms with Gasteiger partial charge >= 0.3 is 0 Å². The zero-order valence-electron chi connectivity index (χ0n) is 12.3. The Labute approximate surface area is 141 Å². The van der Waals surface area contributed by atoms with Gasteiger partial charge in [-0.1, -0.05) is 28.1 Å². The topological polar surface area (TPSA) is 68.3 Å². The zero-order valence-corrected chi connectivity index (χ0v) is 13.9. The molecule has 0 aliphatic heterocycles. The maximum Gasteiger partial charge on any atom is 0.220 e. The van der Waals surface area contributed by atoms with E-state index in [4.69, 9.17) is 8.83 Å².